The van der Waals surface area contributed by atoms with E-state index in [1.165, 1.54) is 6.07 Å². The Hall–Kier alpha value is -2.61. The standard InChI is InChI=1S/C12H8N2O3/c13-5-6-14-10(12(16)17)7-8-3-1-2-4-9(8)11(14)15/h1-4,7H,6H2,(H,16,17). The van der Waals surface area contributed by atoms with Crippen LogP contribution in [0.4, 0.5) is 0 Å². The molecule has 0 aliphatic carbocycles. The van der Waals surface area contributed by atoms with Gasteiger partial charge in [-0.05, 0) is 17.5 Å². The van der Waals surface area contributed by atoms with Crippen LogP contribution in [0.5, 0.6) is 0 Å². The number of fused-ring (bicyclic) bond motifs is 1. The van der Waals surface area contributed by atoms with Crippen molar-refractivity contribution in [3.8, 4) is 6.07 Å². The molecule has 0 atom stereocenters. The number of nitriles is 1. The molecule has 0 saturated heterocycles. The van der Waals surface area contributed by atoms with Gasteiger partial charge in [-0.3, -0.25) is 9.36 Å². The third kappa shape index (κ3) is 1.76. The number of nitrogens with zero attached hydrogens (tertiary/aromatic N) is 2. The fourth-order valence-electron chi connectivity index (χ4n) is 1.70. The number of hydrogen-bond acceptors (Lipinski definition) is 3. The Morgan fingerprint density at radius 1 is 1.41 bits per heavy atom. The third-order valence-electron chi connectivity index (χ3n) is 2.47. The van der Waals surface area contributed by atoms with Gasteiger partial charge in [0.25, 0.3) is 5.56 Å². The lowest BCUT2D eigenvalue weighted by molar-refractivity contribution is 0.0684. The number of carbonyl (C=O) groups is 1. The van der Waals surface area contributed by atoms with Gasteiger partial charge in [0.2, 0.25) is 0 Å². The van der Waals surface area contributed by atoms with Crippen molar-refractivity contribution < 1.29 is 9.90 Å². The number of pyridine rings is 1. The first-order valence-electron chi connectivity index (χ1n) is 4.88. The summed E-state index contributed by atoms with van der Waals surface area (Å²) in [5.41, 5.74) is -0.627. The molecular weight excluding hydrogens is 220 g/mol. The Labute approximate surface area is 96.1 Å². The van der Waals surface area contributed by atoms with E-state index in [0.717, 1.165) is 4.57 Å². The average molecular weight is 228 g/mol. The lowest BCUT2D eigenvalue weighted by Gasteiger charge is -2.07. The van der Waals surface area contributed by atoms with Crippen LogP contribution in [0.25, 0.3) is 10.8 Å². The summed E-state index contributed by atoms with van der Waals surface area (Å²) in [5, 5.41) is 18.6. The van der Waals surface area contributed by atoms with E-state index in [-0.39, 0.29) is 12.2 Å². The van der Waals surface area contributed by atoms with Gasteiger partial charge in [-0.25, -0.2) is 4.79 Å². The molecule has 0 saturated carbocycles. The number of aromatic nitrogens is 1. The van der Waals surface area contributed by atoms with E-state index in [0.29, 0.717) is 10.8 Å². The van der Waals surface area contributed by atoms with Gasteiger partial charge in [0.15, 0.2) is 0 Å². The molecule has 17 heavy (non-hydrogen) atoms. The average Bonchev–Trinajstić information content (AvgIpc) is 2.32. The van der Waals surface area contributed by atoms with E-state index in [9.17, 15) is 9.59 Å². The molecule has 1 N–H and O–H groups in total. The normalized spacial score (nSPS) is 10.1. The second-order valence-electron chi connectivity index (χ2n) is 3.47. The van der Waals surface area contributed by atoms with Gasteiger partial charge >= 0.3 is 5.97 Å². The van der Waals surface area contributed by atoms with Crippen LogP contribution in [0, 0.1) is 11.3 Å². The molecule has 0 bridgehead atoms. The quantitative estimate of drug-likeness (QED) is 0.837. The minimum Gasteiger partial charge on any atom is -0.477 e. The topological polar surface area (TPSA) is 83.1 Å². The summed E-state index contributed by atoms with van der Waals surface area (Å²) in [5.74, 6) is -1.22. The van der Waals surface area contributed by atoms with Crippen molar-refractivity contribution in [2.45, 2.75) is 6.54 Å². The lowest BCUT2D eigenvalue weighted by atomic mass is 10.1. The first-order chi connectivity index (χ1) is 8.15. The maximum absolute atomic E-state index is 12.0. The smallest absolute Gasteiger partial charge is 0.352 e. The van der Waals surface area contributed by atoms with Crippen molar-refractivity contribution in [2.24, 2.45) is 0 Å². The van der Waals surface area contributed by atoms with E-state index in [2.05, 4.69) is 0 Å². The van der Waals surface area contributed by atoms with Crippen LogP contribution in [0.1, 0.15) is 10.5 Å². The van der Waals surface area contributed by atoms with E-state index >= 15 is 0 Å². The van der Waals surface area contributed by atoms with E-state index < -0.39 is 11.5 Å². The number of hydrogen-bond donors (Lipinski definition) is 1. The number of carboxylic acids is 1. The summed E-state index contributed by atoms with van der Waals surface area (Å²) in [6.07, 6.45) is 0. The molecule has 84 valence electrons. The molecule has 0 spiro atoms. The summed E-state index contributed by atoms with van der Waals surface area (Å²) in [6, 6.07) is 9.88. The van der Waals surface area contributed by atoms with Gasteiger partial charge in [-0.1, -0.05) is 18.2 Å². The first-order valence-corrected chi connectivity index (χ1v) is 4.88. The summed E-state index contributed by atoms with van der Waals surface area (Å²) >= 11 is 0. The van der Waals surface area contributed by atoms with Crippen LogP contribution in [0.3, 0.4) is 0 Å². The van der Waals surface area contributed by atoms with Gasteiger partial charge in [-0.2, -0.15) is 5.26 Å². The Bertz CT molecular complexity index is 695. The largest absolute Gasteiger partial charge is 0.477 e. The maximum atomic E-state index is 12.0. The highest BCUT2D eigenvalue weighted by Gasteiger charge is 2.13. The van der Waals surface area contributed by atoms with Gasteiger partial charge in [0.1, 0.15) is 12.2 Å². The predicted octanol–water partition coefficient (Wildman–Crippen LogP) is 1.22. The zero-order valence-corrected chi connectivity index (χ0v) is 8.75. The van der Waals surface area contributed by atoms with E-state index in [1.807, 2.05) is 0 Å². The maximum Gasteiger partial charge on any atom is 0.352 e. The molecule has 2 aromatic rings. The molecule has 0 aliphatic rings. The monoisotopic (exact) mass is 228 g/mol. The van der Waals surface area contributed by atoms with Crippen LogP contribution in [-0.2, 0) is 6.54 Å². The molecule has 5 nitrogen and oxygen atoms in total. The summed E-state index contributed by atoms with van der Waals surface area (Å²) < 4.78 is 0.963. The fourth-order valence-corrected chi connectivity index (χ4v) is 1.70. The Kier molecular flexibility index (Phi) is 2.63. The summed E-state index contributed by atoms with van der Waals surface area (Å²) in [7, 11) is 0. The fraction of sp³-hybridized carbons (Fsp3) is 0.0833. The number of rotatable bonds is 2. The molecule has 5 heteroatoms. The lowest BCUT2D eigenvalue weighted by Crippen LogP contribution is -2.25. The Morgan fingerprint density at radius 2 is 2.12 bits per heavy atom. The van der Waals surface area contributed by atoms with Crippen molar-refractivity contribution in [2.75, 3.05) is 0 Å². The number of aromatic carboxylic acids is 1. The van der Waals surface area contributed by atoms with Crippen molar-refractivity contribution >= 4 is 16.7 Å². The molecule has 0 unspecified atom stereocenters. The second kappa shape index (κ2) is 4.10. The highest BCUT2D eigenvalue weighted by molar-refractivity contribution is 5.92. The summed E-state index contributed by atoms with van der Waals surface area (Å²) in [4.78, 5) is 23.0. The van der Waals surface area contributed by atoms with Crippen molar-refractivity contribution in [1.82, 2.24) is 4.57 Å². The second-order valence-corrected chi connectivity index (χ2v) is 3.47. The summed E-state index contributed by atoms with van der Waals surface area (Å²) in [6.45, 7) is -0.273. The van der Waals surface area contributed by atoms with Crippen LogP contribution in [-0.4, -0.2) is 15.6 Å². The molecule has 0 radical (unpaired) electrons. The number of benzene rings is 1. The molecule has 2 rings (SSSR count). The SMILES string of the molecule is N#CCn1c(C(=O)O)cc2ccccc2c1=O. The molecule has 1 aromatic heterocycles. The zero-order chi connectivity index (χ0) is 12.4. The van der Waals surface area contributed by atoms with Gasteiger partial charge < -0.3 is 5.11 Å². The Balaban J connectivity index is 2.90. The third-order valence-corrected chi connectivity index (χ3v) is 2.47. The minimum atomic E-state index is -1.22. The van der Waals surface area contributed by atoms with Crippen molar-refractivity contribution in [3.63, 3.8) is 0 Å². The van der Waals surface area contributed by atoms with Gasteiger partial charge in [-0.15, -0.1) is 0 Å². The molecule has 0 fully saturated rings. The predicted molar refractivity (Wildman–Crippen MR) is 60.8 cm³/mol. The highest BCUT2D eigenvalue weighted by Crippen LogP contribution is 2.11. The highest BCUT2D eigenvalue weighted by atomic mass is 16.4. The van der Waals surface area contributed by atoms with E-state index in [1.54, 1.807) is 30.3 Å². The van der Waals surface area contributed by atoms with Crippen LogP contribution in [0.15, 0.2) is 35.1 Å². The van der Waals surface area contributed by atoms with Gasteiger partial charge in [0, 0.05) is 5.39 Å². The molecule has 0 aliphatic heterocycles. The number of carboxylic acid groups (broad SMARTS) is 1. The van der Waals surface area contributed by atoms with Crippen LogP contribution < -0.4 is 5.56 Å². The molecule has 0 amide bonds. The minimum absolute atomic E-state index is 0.171. The first kappa shape index (κ1) is 10.9. The van der Waals surface area contributed by atoms with Crippen molar-refractivity contribution in [3.05, 3.63) is 46.4 Å². The van der Waals surface area contributed by atoms with Crippen LogP contribution >= 0.6 is 0 Å². The van der Waals surface area contributed by atoms with Gasteiger partial charge in [0.05, 0.1) is 6.07 Å². The molecular formula is C12H8N2O3. The van der Waals surface area contributed by atoms with Crippen LogP contribution in [0.2, 0.25) is 0 Å². The zero-order valence-electron chi connectivity index (χ0n) is 8.75. The Morgan fingerprint density at radius 3 is 2.76 bits per heavy atom. The van der Waals surface area contributed by atoms with Crippen molar-refractivity contribution in [1.29, 1.82) is 5.26 Å². The molecule has 1 aromatic carbocycles. The van der Waals surface area contributed by atoms with E-state index in [4.69, 9.17) is 10.4 Å². The molecule has 1 heterocycles.